The van der Waals surface area contributed by atoms with Gasteiger partial charge >= 0.3 is 0 Å². The van der Waals surface area contributed by atoms with Crippen molar-refractivity contribution >= 4 is 35.1 Å². The van der Waals surface area contributed by atoms with Crippen molar-refractivity contribution in [3.63, 3.8) is 0 Å². The lowest BCUT2D eigenvalue weighted by atomic mass is 10.3. The number of benzene rings is 1. The summed E-state index contributed by atoms with van der Waals surface area (Å²) in [4.78, 5) is 20.1. The molecule has 0 saturated carbocycles. The molecule has 3 rings (SSSR count). The Kier molecular flexibility index (Phi) is 4.59. The Morgan fingerprint density at radius 3 is 2.67 bits per heavy atom. The van der Waals surface area contributed by atoms with Crippen molar-refractivity contribution in [1.29, 1.82) is 0 Å². The number of aromatic nitrogens is 5. The van der Waals surface area contributed by atoms with E-state index >= 15 is 0 Å². The van der Waals surface area contributed by atoms with E-state index in [-0.39, 0.29) is 11.6 Å². The summed E-state index contributed by atoms with van der Waals surface area (Å²) < 4.78 is 1.46. The largest absolute Gasteiger partial charge is 0.292 e. The van der Waals surface area contributed by atoms with Crippen LogP contribution in [0, 0.1) is 6.92 Å². The summed E-state index contributed by atoms with van der Waals surface area (Å²) in [6.45, 7) is 1.71. The minimum atomic E-state index is -0.476. The van der Waals surface area contributed by atoms with E-state index in [9.17, 15) is 4.79 Å². The number of nitrogens with one attached hydrogen (secondary N) is 2. The van der Waals surface area contributed by atoms with E-state index in [1.54, 1.807) is 43.6 Å². The van der Waals surface area contributed by atoms with Gasteiger partial charge < -0.3 is 0 Å². The van der Waals surface area contributed by atoms with Crippen molar-refractivity contribution in [3.05, 3.63) is 58.1 Å². The highest BCUT2D eigenvalue weighted by Crippen LogP contribution is 2.25. The van der Waals surface area contributed by atoms with E-state index in [0.717, 1.165) is 0 Å². The number of hydrogen-bond donors (Lipinski definition) is 2. The summed E-state index contributed by atoms with van der Waals surface area (Å²) in [6.07, 6.45) is 3.09. The van der Waals surface area contributed by atoms with Crippen LogP contribution in [-0.2, 0) is 0 Å². The number of hydrogen-bond acceptors (Lipinski definition) is 6. The first-order valence-corrected chi connectivity index (χ1v) is 7.53. The maximum Gasteiger partial charge on any atom is 0.292 e. The number of nitrogens with zero attached hydrogens (tertiary/aromatic N) is 5. The first-order chi connectivity index (χ1) is 11.6. The van der Waals surface area contributed by atoms with Crippen LogP contribution in [0.15, 0.2) is 36.7 Å². The van der Waals surface area contributed by atoms with Gasteiger partial charge in [0.1, 0.15) is 0 Å². The third-order valence-electron chi connectivity index (χ3n) is 3.10. The van der Waals surface area contributed by atoms with Gasteiger partial charge in [-0.15, -0.1) is 5.10 Å². The van der Waals surface area contributed by atoms with Crippen LogP contribution in [0.1, 0.15) is 16.2 Å². The molecule has 2 N–H and O–H groups in total. The molecule has 122 valence electrons. The van der Waals surface area contributed by atoms with Crippen LogP contribution in [0.25, 0.3) is 5.69 Å². The lowest BCUT2D eigenvalue weighted by Crippen LogP contribution is -2.31. The number of amides is 1. The van der Waals surface area contributed by atoms with Crippen LogP contribution in [0.4, 0.5) is 5.95 Å². The third kappa shape index (κ3) is 3.29. The second-order valence-corrected chi connectivity index (χ2v) is 5.53. The molecule has 0 atom stereocenters. The molecular weight excluding hydrogens is 353 g/mol. The van der Waals surface area contributed by atoms with Crippen LogP contribution in [-0.4, -0.2) is 30.9 Å². The molecule has 0 bridgehead atoms. The van der Waals surface area contributed by atoms with Gasteiger partial charge in [0, 0.05) is 17.4 Å². The molecule has 0 aliphatic carbocycles. The van der Waals surface area contributed by atoms with E-state index in [4.69, 9.17) is 23.2 Å². The van der Waals surface area contributed by atoms with E-state index < -0.39 is 5.91 Å². The SMILES string of the molecule is Cc1c(C(=O)NNc2ncccn2)nnn1-c1ccc(Cl)cc1Cl. The Morgan fingerprint density at radius 1 is 1.21 bits per heavy atom. The average Bonchev–Trinajstić information content (AvgIpc) is 2.95. The lowest BCUT2D eigenvalue weighted by molar-refractivity contribution is 0.0956. The summed E-state index contributed by atoms with van der Waals surface area (Å²) in [6, 6.07) is 6.63. The third-order valence-corrected chi connectivity index (χ3v) is 3.64. The van der Waals surface area contributed by atoms with Crippen LogP contribution in [0.5, 0.6) is 0 Å². The number of rotatable bonds is 4. The maximum atomic E-state index is 12.2. The molecule has 8 nitrogen and oxygen atoms in total. The molecule has 10 heteroatoms. The zero-order chi connectivity index (χ0) is 17.1. The predicted octanol–water partition coefficient (Wildman–Crippen LogP) is 2.43. The highest BCUT2D eigenvalue weighted by atomic mass is 35.5. The zero-order valence-electron chi connectivity index (χ0n) is 12.4. The Balaban J connectivity index is 1.80. The second-order valence-electron chi connectivity index (χ2n) is 4.68. The van der Waals surface area contributed by atoms with Gasteiger partial charge in [-0.2, -0.15) is 0 Å². The molecule has 1 aromatic carbocycles. The van der Waals surface area contributed by atoms with Crippen LogP contribution in [0.2, 0.25) is 10.0 Å². The fraction of sp³-hybridized carbons (Fsp3) is 0.0714. The molecule has 0 saturated heterocycles. The normalized spacial score (nSPS) is 10.5. The van der Waals surface area contributed by atoms with Crippen molar-refractivity contribution in [3.8, 4) is 5.69 Å². The molecule has 24 heavy (non-hydrogen) atoms. The van der Waals surface area contributed by atoms with Gasteiger partial charge in [0.15, 0.2) is 5.69 Å². The summed E-state index contributed by atoms with van der Waals surface area (Å²) in [5.41, 5.74) is 6.29. The van der Waals surface area contributed by atoms with Crippen molar-refractivity contribution < 1.29 is 4.79 Å². The molecule has 0 radical (unpaired) electrons. The Labute approximate surface area is 146 Å². The molecule has 0 fully saturated rings. The summed E-state index contributed by atoms with van der Waals surface area (Å²) in [7, 11) is 0. The second kappa shape index (κ2) is 6.81. The number of halogens is 2. The maximum absolute atomic E-state index is 12.2. The monoisotopic (exact) mass is 363 g/mol. The van der Waals surface area contributed by atoms with Gasteiger partial charge in [0.2, 0.25) is 5.95 Å². The molecule has 0 aliphatic rings. The number of carbonyl (C=O) groups excluding carboxylic acids is 1. The fourth-order valence-electron chi connectivity index (χ4n) is 1.96. The van der Waals surface area contributed by atoms with E-state index in [1.165, 1.54) is 4.68 Å². The van der Waals surface area contributed by atoms with Crippen LogP contribution < -0.4 is 10.9 Å². The zero-order valence-corrected chi connectivity index (χ0v) is 13.9. The molecule has 0 unspecified atom stereocenters. The molecule has 0 aliphatic heterocycles. The van der Waals surface area contributed by atoms with Crippen LogP contribution in [0.3, 0.4) is 0 Å². The van der Waals surface area contributed by atoms with Gasteiger partial charge in [-0.05, 0) is 31.2 Å². The van der Waals surface area contributed by atoms with Gasteiger partial charge in [0.05, 0.1) is 16.4 Å². The fourth-order valence-corrected chi connectivity index (χ4v) is 2.44. The van der Waals surface area contributed by atoms with Crippen molar-refractivity contribution in [2.75, 3.05) is 5.43 Å². The average molecular weight is 364 g/mol. The lowest BCUT2D eigenvalue weighted by Gasteiger charge is -2.07. The number of anilines is 1. The molecular formula is C14H11Cl2N7O. The van der Waals surface area contributed by atoms with E-state index in [1.807, 2.05) is 0 Å². The summed E-state index contributed by atoms with van der Waals surface area (Å²) >= 11 is 12.0. The summed E-state index contributed by atoms with van der Waals surface area (Å²) in [5.74, 6) is -0.215. The Morgan fingerprint density at radius 2 is 1.96 bits per heavy atom. The molecule has 0 spiro atoms. The van der Waals surface area contributed by atoms with E-state index in [0.29, 0.717) is 21.4 Å². The van der Waals surface area contributed by atoms with Crippen molar-refractivity contribution in [1.82, 2.24) is 30.4 Å². The van der Waals surface area contributed by atoms with Gasteiger partial charge in [0.25, 0.3) is 5.91 Å². The number of hydrazine groups is 1. The van der Waals surface area contributed by atoms with Gasteiger partial charge in [-0.25, -0.2) is 14.6 Å². The standard InChI is InChI=1S/C14H11Cl2N7O/c1-8-12(13(24)20-21-14-17-5-2-6-18-14)19-22-23(8)11-4-3-9(15)7-10(11)16/h2-7H,1H3,(H,20,24)(H,17,18,21). The molecule has 1 amide bonds. The minimum absolute atomic E-state index is 0.143. The van der Waals surface area contributed by atoms with E-state index in [2.05, 4.69) is 31.1 Å². The first kappa shape index (κ1) is 16.2. The highest BCUT2D eigenvalue weighted by Gasteiger charge is 2.18. The number of carbonyl (C=O) groups is 1. The predicted molar refractivity (Wildman–Crippen MR) is 89.2 cm³/mol. The smallest absolute Gasteiger partial charge is 0.265 e. The Hall–Kier alpha value is -2.71. The van der Waals surface area contributed by atoms with Crippen LogP contribution >= 0.6 is 23.2 Å². The van der Waals surface area contributed by atoms with Crippen molar-refractivity contribution in [2.45, 2.75) is 6.92 Å². The molecule has 2 aromatic heterocycles. The Bertz CT molecular complexity index is 882. The molecule has 2 heterocycles. The first-order valence-electron chi connectivity index (χ1n) is 6.77. The van der Waals surface area contributed by atoms with Crippen molar-refractivity contribution in [2.24, 2.45) is 0 Å². The minimum Gasteiger partial charge on any atom is -0.265 e. The topological polar surface area (TPSA) is 97.6 Å². The summed E-state index contributed by atoms with van der Waals surface area (Å²) in [5, 5.41) is 8.78. The van der Waals surface area contributed by atoms with Gasteiger partial charge in [-0.1, -0.05) is 28.4 Å². The quantitative estimate of drug-likeness (QED) is 0.690. The highest BCUT2D eigenvalue weighted by molar-refractivity contribution is 6.35. The molecule has 3 aromatic rings. The van der Waals surface area contributed by atoms with Gasteiger partial charge in [-0.3, -0.25) is 15.6 Å².